The molecule has 0 unspecified atom stereocenters. The minimum Gasteiger partial charge on any atom is -0.456 e. The Kier molecular flexibility index (Phi) is 6.42. The number of hydrogen-bond donors (Lipinski definition) is 0. The first-order chi connectivity index (χ1) is 25.8. The van der Waals surface area contributed by atoms with Gasteiger partial charge in [-0.3, -0.25) is 0 Å². The van der Waals surface area contributed by atoms with Gasteiger partial charge in [-0.15, -0.1) is 11.3 Å². The van der Waals surface area contributed by atoms with E-state index in [1.807, 2.05) is 23.5 Å². The van der Waals surface area contributed by atoms with Gasteiger partial charge in [-0.2, -0.15) is 0 Å². The van der Waals surface area contributed by atoms with Gasteiger partial charge in [0.2, 0.25) is 0 Å². The van der Waals surface area contributed by atoms with E-state index in [-0.39, 0.29) is 0 Å². The first-order valence-corrected chi connectivity index (χ1v) is 18.3. The first kappa shape index (κ1) is 29.1. The quantitative estimate of drug-likeness (QED) is 0.181. The summed E-state index contributed by atoms with van der Waals surface area (Å²) in [5.41, 5.74) is 11.3. The molecule has 3 aromatic heterocycles. The smallest absolute Gasteiger partial charge is 0.159 e. The molecule has 3 heterocycles. The monoisotopic (exact) mass is 683 g/mol. The maximum Gasteiger partial charge on any atom is 0.159 e. The van der Waals surface area contributed by atoms with E-state index in [4.69, 9.17) is 8.83 Å². The third-order valence-electron chi connectivity index (χ3n) is 10.3. The molecular formula is C48H29NO2S. The van der Waals surface area contributed by atoms with Crippen LogP contribution in [0.3, 0.4) is 0 Å². The van der Waals surface area contributed by atoms with Gasteiger partial charge in [-0.25, -0.2) is 0 Å². The number of benzene rings is 8. The predicted molar refractivity (Wildman–Crippen MR) is 219 cm³/mol. The number of para-hydroxylation sites is 2. The molecule has 0 bridgehead atoms. The van der Waals surface area contributed by atoms with Gasteiger partial charge in [-0.05, 0) is 76.9 Å². The Morgan fingerprint density at radius 3 is 1.98 bits per heavy atom. The van der Waals surface area contributed by atoms with E-state index in [9.17, 15) is 0 Å². The molecule has 0 N–H and O–H groups in total. The van der Waals surface area contributed by atoms with Gasteiger partial charge in [0.15, 0.2) is 5.58 Å². The lowest BCUT2D eigenvalue weighted by molar-refractivity contribution is 0.669. The average molecular weight is 684 g/mol. The largest absolute Gasteiger partial charge is 0.456 e. The van der Waals surface area contributed by atoms with E-state index in [2.05, 4.69) is 169 Å². The predicted octanol–water partition coefficient (Wildman–Crippen LogP) is 14.7. The number of nitrogens with zero attached hydrogens (tertiary/aromatic N) is 1. The second kappa shape index (κ2) is 11.5. The molecule has 0 aliphatic heterocycles. The van der Waals surface area contributed by atoms with Crippen LogP contribution < -0.4 is 4.90 Å². The number of hydrogen-bond acceptors (Lipinski definition) is 4. The summed E-state index contributed by atoms with van der Waals surface area (Å²) in [7, 11) is 0. The number of rotatable bonds is 5. The van der Waals surface area contributed by atoms with Crippen molar-refractivity contribution in [3.8, 4) is 22.3 Å². The molecule has 4 heteroatoms. The minimum atomic E-state index is 0.855. The van der Waals surface area contributed by atoms with Crippen LogP contribution >= 0.6 is 11.3 Å². The van der Waals surface area contributed by atoms with Gasteiger partial charge < -0.3 is 13.7 Å². The van der Waals surface area contributed by atoms with Crippen LogP contribution in [0, 0.1) is 0 Å². The van der Waals surface area contributed by atoms with E-state index < -0.39 is 0 Å². The van der Waals surface area contributed by atoms with Crippen molar-refractivity contribution in [2.45, 2.75) is 0 Å². The zero-order chi connectivity index (χ0) is 34.2. The standard InChI is InChI=1S/C48H29NO2S/c1-3-12-30(13-4-1)32-22-24-36-39-29-33(23-27-43(39)50-44(36)28-32)49(41-19-11-18-37-35-16-7-9-20-42(35)51-47(37)41)40-26-25-34(31-14-5-2-6-15-31)48-46(40)38-17-8-10-21-45(38)52-48/h1-29H. The highest BCUT2D eigenvalue weighted by Gasteiger charge is 2.25. The second-order valence-corrected chi connectivity index (χ2v) is 14.3. The van der Waals surface area contributed by atoms with E-state index >= 15 is 0 Å². The summed E-state index contributed by atoms with van der Waals surface area (Å²) in [5, 5.41) is 6.81. The second-order valence-electron chi connectivity index (χ2n) is 13.2. The van der Waals surface area contributed by atoms with Crippen LogP contribution in [-0.2, 0) is 0 Å². The van der Waals surface area contributed by atoms with Gasteiger partial charge in [0.1, 0.15) is 16.7 Å². The van der Waals surface area contributed by atoms with Crippen LogP contribution in [-0.4, -0.2) is 0 Å². The van der Waals surface area contributed by atoms with Gasteiger partial charge in [0, 0.05) is 47.4 Å². The minimum absolute atomic E-state index is 0.855. The molecule has 0 saturated carbocycles. The molecule has 8 aromatic carbocycles. The highest BCUT2D eigenvalue weighted by atomic mass is 32.1. The van der Waals surface area contributed by atoms with Crippen molar-refractivity contribution in [3.05, 3.63) is 176 Å². The zero-order valence-corrected chi connectivity index (χ0v) is 28.7. The maximum absolute atomic E-state index is 6.72. The normalized spacial score (nSPS) is 11.8. The fourth-order valence-electron chi connectivity index (χ4n) is 7.87. The van der Waals surface area contributed by atoms with Crippen molar-refractivity contribution in [3.63, 3.8) is 0 Å². The Hall–Kier alpha value is -6.62. The molecule has 0 amide bonds. The summed E-state index contributed by atoms with van der Waals surface area (Å²) in [6.07, 6.45) is 0. The third kappa shape index (κ3) is 4.45. The average Bonchev–Trinajstić information content (AvgIpc) is 3.90. The van der Waals surface area contributed by atoms with Crippen molar-refractivity contribution in [2.24, 2.45) is 0 Å². The fraction of sp³-hybridized carbons (Fsp3) is 0. The van der Waals surface area contributed by atoms with Gasteiger partial charge in [-0.1, -0.05) is 121 Å². The fourth-order valence-corrected chi connectivity index (χ4v) is 9.13. The van der Waals surface area contributed by atoms with Gasteiger partial charge in [0.05, 0.1) is 11.4 Å². The van der Waals surface area contributed by atoms with Crippen LogP contribution in [0.25, 0.3) is 86.3 Å². The molecule has 0 aliphatic carbocycles. The lowest BCUT2D eigenvalue weighted by Gasteiger charge is -2.27. The highest BCUT2D eigenvalue weighted by Crippen LogP contribution is 2.50. The Bertz CT molecular complexity index is 3130. The molecule has 244 valence electrons. The molecule has 52 heavy (non-hydrogen) atoms. The molecule has 11 aromatic rings. The summed E-state index contributed by atoms with van der Waals surface area (Å²) in [5.74, 6) is 0. The van der Waals surface area contributed by atoms with E-state index in [1.54, 1.807) is 0 Å². The lowest BCUT2D eigenvalue weighted by Crippen LogP contribution is -2.10. The molecule has 0 atom stereocenters. The first-order valence-electron chi connectivity index (χ1n) is 17.5. The Labute approximate surface area is 303 Å². The number of fused-ring (bicyclic) bond motifs is 9. The molecule has 3 nitrogen and oxygen atoms in total. The van der Waals surface area contributed by atoms with Crippen LogP contribution in [0.5, 0.6) is 0 Å². The van der Waals surface area contributed by atoms with Gasteiger partial charge in [0.25, 0.3) is 0 Å². The van der Waals surface area contributed by atoms with Crippen LogP contribution in [0.1, 0.15) is 0 Å². The molecule has 0 saturated heterocycles. The molecular weight excluding hydrogens is 655 g/mol. The lowest BCUT2D eigenvalue weighted by atomic mass is 9.99. The highest BCUT2D eigenvalue weighted by molar-refractivity contribution is 7.26. The summed E-state index contributed by atoms with van der Waals surface area (Å²) >= 11 is 1.85. The van der Waals surface area contributed by atoms with Gasteiger partial charge >= 0.3 is 0 Å². The molecule has 0 aliphatic rings. The van der Waals surface area contributed by atoms with Crippen LogP contribution in [0.15, 0.2) is 185 Å². The SMILES string of the molecule is c1ccc(-c2ccc3c(c2)oc2ccc(N(c4cccc5c4oc4ccccc45)c4ccc(-c5ccccc5)c5sc6ccccc6c45)cc23)cc1. The Morgan fingerprint density at radius 1 is 0.404 bits per heavy atom. The topological polar surface area (TPSA) is 29.5 Å². The Morgan fingerprint density at radius 2 is 1.12 bits per heavy atom. The van der Waals surface area contributed by atoms with E-state index in [0.717, 1.165) is 66.5 Å². The molecule has 0 radical (unpaired) electrons. The summed E-state index contributed by atoms with van der Waals surface area (Å²) < 4.78 is 15.8. The maximum atomic E-state index is 6.72. The number of anilines is 3. The van der Waals surface area contributed by atoms with Crippen molar-refractivity contribution in [2.75, 3.05) is 4.90 Å². The summed E-state index contributed by atoms with van der Waals surface area (Å²) in [4.78, 5) is 2.39. The molecule has 0 spiro atoms. The number of thiophene rings is 1. The van der Waals surface area contributed by atoms with Crippen LogP contribution in [0.2, 0.25) is 0 Å². The zero-order valence-electron chi connectivity index (χ0n) is 27.9. The van der Waals surface area contributed by atoms with E-state index in [1.165, 1.54) is 36.9 Å². The van der Waals surface area contributed by atoms with Crippen molar-refractivity contribution in [1.29, 1.82) is 0 Å². The molecule has 11 rings (SSSR count). The number of furan rings is 2. The van der Waals surface area contributed by atoms with Crippen molar-refractivity contribution >= 4 is 92.4 Å². The van der Waals surface area contributed by atoms with Crippen molar-refractivity contribution < 1.29 is 8.83 Å². The van der Waals surface area contributed by atoms with Crippen molar-refractivity contribution in [1.82, 2.24) is 0 Å². The molecule has 0 fully saturated rings. The summed E-state index contributed by atoms with van der Waals surface area (Å²) in [6.45, 7) is 0. The summed E-state index contributed by atoms with van der Waals surface area (Å²) in [6, 6.07) is 62.4. The van der Waals surface area contributed by atoms with Crippen LogP contribution in [0.4, 0.5) is 17.1 Å². The van der Waals surface area contributed by atoms with E-state index in [0.29, 0.717) is 0 Å². The third-order valence-corrected chi connectivity index (χ3v) is 11.5. The Balaban J connectivity index is 1.20.